The average molecular weight is 391 g/mol. The fourth-order valence-corrected chi connectivity index (χ4v) is 5.46. The molecule has 0 N–H and O–H groups in total. The highest BCUT2D eigenvalue weighted by Crippen LogP contribution is 2.33. The number of aryl methyl sites for hydroxylation is 1. The monoisotopic (exact) mass is 391 g/mol. The van der Waals surface area contributed by atoms with Crippen molar-refractivity contribution in [2.45, 2.75) is 38.0 Å². The van der Waals surface area contributed by atoms with Crippen molar-refractivity contribution in [2.24, 2.45) is 0 Å². The van der Waals surface area contributed by atoms with Crippen LogP contribution < -0.4 is 9.47 Å². The maximum atomic E-state index is 13.1. The van der Waals surface area contributed by atoms with Crippen LogP contribution in [0.3, 0.4) is 0 Å². The first-order chi connectivity index (χ1) is 12.9. The number of rotatable bonds is 3. The number of sulfonamides is 1. The van der Waals surface area contributed by atoms with E-state index < -0.39 is 15.9 Å². The molecule has 1 fully saturated rings. The molecule has 2 aliphatic heterocycles. The third kappa shape index (κ3) is 3.00. The van der Waals surface area contributed by atoms with E-state index in [1.165, 1.54) is 4.31 Å². The molecule has 0 atom stereocenters. The summed E-state index contributed by atoms with van der Waals surface area (Å²) in [6, 6.07) is 4.86. The number of piperidine rings is 1. The molecule has 0 saturated carbocycles. The second kappa shape index (κ2) is 6.65. The summed E-state index contributed by atoms with van der Waals surface area (Å²) in [5, 5.41) is 4.23. The minimum Gasteiger partial charge on any atom is -0.454 e. The van der Waals surface area contributed by atoms with Crippen molar-refractivity contribution < 1.29 is 22.7 Å². The first-order valence-corrected chi connectivity index (χ1v) is 10.3. The summed E-state index contributed by atoms with van der Waals surface area (Å²) in [7, 11) is -3.67. The lowest BCUT2D eigenvalue weighted by Gasteiger charge is -2.25. The Kier molecular flexibility index (Phi) is 4.43. The molecule has 27 heavy (non-hydrogen) atoms. The Bertz CT molecular complexity index is 1010. The standard InChI is InChI=1S/C18H21N3O5S/c1-12-17(27(23,24)20-8-4-3-5-9-20)13(2)21(19-12)18(22)14-6-7-15-16(10-14)26-11-25-15/h6-7,10H,3-5,8-9,11H2,1-2H3. The fourth-order valence-electron chi connectivity index (χ4n) is 3.59. The van der Waals surface area contributed by atoms with Gasteiger partial charge in [0.05, 0.1) is 11.4 Å². The zero-order chi connectivity index (χ0) is 19.2. The van der Waals surface area contributed by atoms with Crippen LogP contribution in [0.5, 0.6) is 11.5 Å². The van der Waals surface area contributed by atoms with Gasteiger partial charge in [-0.1, -0.05) is 6.42 Å². The number of ether oxygens (including phenoxy) is 2. The summed E-state index contributed by atoms with van der Waals surface area (Å²) in [6.45, 7) is 4.35. The second-order valence-corrected chi connectivity index (χ2v) is 8.62. The molecule has 1 aromatic heterocycles. The number of aromatic nitrogens is 2. The van der Waals surface area contributed by atoms with Crippen molar-refractivity contribution in [3.05, 3.63) is 35.2 Å². The Labute approximate surface area is 157 Å². The van der Waals surface area contributed by atoms with Gasteiger partial charge >= 0.3 is 0 Å². The summed E-state index contributed by atoms with van der Waals surface area (Å²) in [5.74, 6) is 0.658. The topological polar surface area (TPSA) is 90.7 Å². The molecule has 8 nitrogen and oxygen atoms in total. The predicted molar refractivity (Wildman–Crippen MR) is 96.6 cm³/mol. The molecule has 9 heteroatoms. The normalized spacial score (nSPS) is 17.3. The minimum absolute atomic E-state index is 0.116. The molecule has 0 aliphatic carbocycles. The molecule has 0 unspecified atom stereocenters. The van der Waals surface area contributed by atoms with Crippen LogP contribution in [0.2, 0.25) is 0 Å². The fraction of sp³-hybridized carbons (Fsp3) is 0.444. The molecule has 2 aliphatic rings. The number of fused-ring (bicyclic) bond motifs is 1. The highest BCUT2D eigenvalue weighted by atomic mass is 32.2. The largest absolute Gasteiger partial charge is 0.454 e. The number of hydrogen-bond acceptors (Lipinski definition) is 6. The van der Waals surface area contributed by atoms with Gasteiger partial charge in [-0.2, -0.15) is 14.1 Å². The lowest BCUT2D eigenvalue weighted by atomic mass is 10.2. The van der Waals surface area contributed by atoms with Gasteiger partial charge in [-0.05, 0) is 44.9 Å². The summed E-state index contributed by atoms with van der Waals surface area (Å²) in [5.41, 5.74) is 1.000. The van der Waals surface area contributed by atoms with Crippen molar-refractivity contribution in [3.8, 4) is 11.5 Å². The number of benzene rings is 1. The summed E-state index contributed by atoms with van der Waals surface area (Å²) in [4.78, 5) is 13.1. The van der Waals surface area contributed by atoms with Crippen LogP contribution in [-0.2, 0) is 10.0 Å². The summed E-state index contributed by atoms with van der Waals surface area (Å²) in [6.07, 6.45) is 2.73. The van der Waals surface area contributed by atoms with E-state index in [2.05, 4.69) is 5.10 Å². The van der Waals surface area contributed by atoms with E-state index in [0.717, 1.165) is 23.9 Å². The van der Waals surface area contributed by atoms with Gasteiger partial charge in [-0.25, -0.2) is 8.42 Å². The van der Waals surface area contributed by atoms with Gasteiger partial charge in [0.1, 0.15) is 4.90 Å². The van der Waals surface area contributed by atoms with Crippen molar-refractivity contribution in [1.29, 1.82) is 0 Å². The van der Waals surface area contributed by atoms with Crippen molar-refractivity contribution >= 4 is 15.9 Å². The van der Waals surface area contributed by atoms with Crippen LogP contribution in [0.25, 0.3) is 0 Å². The van der Waals surface area contributed by atoms with Crippen molar-refractivity contribution in [1.82, 2.24) is 14.1 Å². The molecule has 0 spiro atoms. The van der Waals surface area contributed by atoms with E-state index >= 15 is 0 Å². The first-order valence-electron chi connectivity index (χ1n) is 8.90. The smallest absolute Gasteiger partial charge is 0.278 e. The van der Waals surface area contributed by atoms with E-state index in [9.17, 15) is 13.2 Å². The maximum absolute atomic E-state index is 13.1. The molecule has 0 bridgehead atoms. The molecule has 4 rings (SSSR count). The highest BCUT2D eigenvalue weighted by Gasteiger charge is 2.33. The molecule has 1 aromatic carbocycles. The van der Waals surface area contributed by atoms with Crippen molar-refractivity contribution in [3.63, 3.8) is 0 Å². The first kappa shape index (κ1) is 18.0. The lowest BCUT2D eigenvalue weighted by Crippen LogP contribution is -2.36. The highest BCUT2D eigenvalue weighted by molar-refractivity contribution is 7.89. The third-order valence-electron chi connectivity index (χ3n) is 4.95. The Morgan fingerprint density at radius 2 is 1.78 bits per heavy atom. The van der Waals surface area contributed by atoms with E-state index in [1.807, 2.05) is 0 Å². The van der Waals surface area contributed by atoms with Crippen LogP contribution >= 0.6 is 0 Å². The molecule has 2 aromatic rings. The Hall–Kier alpha value is -2.39. The lowest BCUT2D eigenvalue weighted by molar-refractivity contribution is 0.0941. The van der Waals surface area contributed by atoms with Crippen molar-refractivity contribution in [2.75, 3.05) is 19.9 Å². The number of hydrogen-bond donors (Lipinski definition) is 0. The van der Waals surface area contributed by atoms with Crippen LogP contribution in [0, 0.1) is 13.8 Å². The van der Waals surface area contributed by atoms with Gasteiger partial charge in [0, 0.05) is 18.7 Å². The van der Waals surface area contributed by atoms with E-state index in [1.54, 1.807) is 32.0 Å². The molecule has 1 saturated heterocycles. The van der Waals surface area contributed by atoms with Gasteiger partial charge < -0.3 is 9.47 Å². The Morgan fingerprint density at radius 1 is 1.07 bits per heavy atom. The number of carbonyl (C=O) groups is 1. The number of nitrogens with zero attached hydrogens (tertiary/aromatic N) is 3. The molecular formula is C18H21N3O5S. The number of carbonyl (C=O) groups excluding carboxylic acids is 1. The van der Waals surface area contributed by atoms with Gasteiger partial charge in [0.2, 0.25) is 16.8 Å². The zero-order valence-electron chi connectivity index (χ0n) is 15.3. The van der Waals surface area contributed by atoms with Gasteiger partial charge in [0.15, 0.2) is 11.5 Å². The summed E-state index contributed by atoms with van der Waals surface area (Å²) < 4.78 is 39.4. The average Bonchev–Trinajstić information content (AvgIpc) is 3.25. The Balaban J connectivity index is 1.71. The minimum atomic E-state index is -3.67. The zero-order valence-corrected chi connectivity index (χ0v) is 16.1. The summed E-state index contributed by atoms with van der Waals surface area (Å²) >= 11 is 0. The third-order valence-corrected chi connectivity index (χ3v) is 7.10. The molecule has 0 radical (unpaired) electrons. The maximum Gasteiger partial charge on any atom is 0.278 e. The Morgan fingerprint density at radius 3 is 2.52 bits per heavy atom. The van der Waals surface area contributed by atoms with Crippen LogP contribution in [0.1, 0.15) is 41.0 Å². The SMILES string of the molecule is Cc1nn(C(=O)c2ccc3c(c2)OCO3)c(C)c1S(=O)(=O)N1CCCCC1. The van der Waals surface area contributed by atoms with E-state index in [4.69, 9.17) is 9.47 Å². The molecule has 144 valence electrons. The van der Waals surface area contributed by atoms with Gasteiger partial charge in [-0.3, -0.25) is 4.79 Å². The van der Waals surface area contributed by atoms with Crippen LogP contribution in [0.4, 0.5) is 0 Å². The van der Waals surface area contributed by atoms with E-state index in [0.29, 0.717) is 41.5 Å². The molecule has 0 amide bonds. The molecular weight excluding hydrogens is 370 g/mol. The van der Waals surface area contributed by atoms with E-state index in [-0.39, 0.29) is 11.7 Å². The van der Waals surface area contributed by atoms with Gasteiger partial charge in [0.25, 0.3) is 5.91 Å². The van der Waals surface area contributed by atoms with Crippen LogP contribution in [-0.4, -0.2) is 48.3 Å². The van der Waals surface area contributed by atoms with Gasteiger partial charge in [-0.15, -0.1) is 0 Å². The molecule has 3 heterocycles. The predicted octanol–water partition coefficient (Wildman–Crippen LogP) is 2.09. The quantitative estimate of drug-likeness (QED) is 0.796. The van der Waals surface area contributed by atoms with Crippen LogP contribution in [0.15, 0.2) is 23.1 Å². The second-order valence-electron chi connectivity index (χ2n) is 6.75.